The minimum Gasteiger partial charge on any atom is -0.480 e. The van der Waals surface area contributed by atoms with Gasteiger partial charge in [0.2, 0.25) is 29.5 Å². The number of aliphatic hydroxyl groups excluding tert-OH is 2. The summed E-state index contributed by atoms with van der Waals surface area (Å²) >= 11 is 0. The monoisotopic (exact) mass is 580 g/mol. The van der Waals surface area contributed by atoms with Crippen LogP contribution in [-0.4, -0.2) is 93.7 Å². The van der Waals surface area contributed by atoms with Gasteiger partial charge in [-0.3, -0.25) is 24.0 Å². The van der Waals surface area contributed by atoms with Crippen molar-refractivity contribution in [3.05, 3.63) is 35.9 Å². The first-order chi connectivity index (χ1) is 19.2. The molecule has 0 aliphatic heterocycles. The van der Waals surface area contributed by atoms with Gasteiger partial charge in [0.1, 0.15) is 18.1 Å². The van der Waals surface area contributed by atoms with Crippen LogP contribution in [0.1, 0.15) is 39.2 Å². The lowest BCUT2D eigenvalue weighted by atomic mass is 10.0. The summed E-state index contributed by atoms with van der Waals surface area (Å²) in [4.78, 5) is 74.3. The fourth-order valence-electron chi connectivity index (χ4n) is 3.73. The van der Waals surface area contributed by atoms with Crippen molar-refractivity contribution < 1.29 is 44.1 Å². The third-order valence-corrected chi connectivity index (χ3v) is 5.88. The number of hydrogen-bond donors (Lipinski definition) is 9. The van der Waals surface area contributed by atoms with E-state index in [0.717, 1.165) is 5.56 Å². The minimum atomic E-state index is -1.66. The van der Waals surface area contributed by atoms with E-state index in [1.165, 1.54) is 6.92 Å². The van der Waals surface area contributed by atoms with E-state index in [0.29, 0.717) is 0 Å². The van der Waals surface area contributed by atoms with Gasteiger partial charge in [0.15, 0.2) is 6.04 Å². The lowest BCUT2D eigenvalue weighted by molar-refractivity contribution is -0.145. The molecule has 0 unspecified atom stereocenters. The van der Waals surface area contributed by atoms with E-state index in [-0.39, 0.29) is 18.8 Å². The maximum Gasteiger partial charge on any atom is 0.328 e. The van der Waals surface area contributed by atoms with Gasteiger partial charge in [0.05, 0.1) is 25.2 Å². The fraction of sp³-hybridized carbons (Fsp3) is 0.538. The molecule has 0 aliphatic carbocycles. The maximum atomic E-state index is 13.1. The molecule has 228 valence electrons. The van der Waals surface area contributed by atoms with Crippen LogP contribution in [0.15, 0.2) is 30.3 Å². The third-order valence-electron chi connectivity index (χ3n) is 5.88. The Labute approximate surface area is 237 Å². The van der Waals surface area contributed by atoms with Gasteiger partial charge in [-0.05, 0) is 31.2 Å². The summed E-state index contributed by atoms with van der Waals surface area (Å²) in [5.41, 5.74) is 11.9. The molecular formula is C26H40N6O9. The third kappa shape index (κ3) is 12.3. The predicted molar refractivity (Wildman–Crippen MR) is 146 cm³/mol. The number of hydrogen-bond acceptors (Lipinski definition) is 9. The highest BCUT2D eigenvalue weighted by atomic mass is 16.4. The number of aliphatic carboxylic acids is 1. The van der Waals surface area contributed by atoms with Gasteiger partial charge in [-0.25, -0.2) is 4.79 Å². The van der Waals surface area contributed by atoms with Crippen molar-refractivity contribution in [2.24, 2.45) is 17.4 Å². The molecule has 15 heteroatoms. The Balaban J connectivity index is 2.99. The van der Waals surface area contributed by atoms with Crippen LogP contribution in [0.25, 0.3) is 0 Å². The van der Waals surface area contributed by atoms with Crippen molar-refractivity contribution in [2.75, 3.05) is 6.61 Å². The summed E-state index contributed by atoms with van der Waals surface area (Å²) in [5.74, 6) is -6.35. The Hall–Kier alpha value is -4.08. The van der Waals surface area contributed by atoms with Crippen LogP contribution in [0.3, 0.4) is 0 Å². The Kier molecular flexibility index (Phi) is 14.4. The summed E-state index contributed by atoms with van der Waals surface area (Å²) in [6, 6.07) is 1.67. The minimum absolute atomic E-state index is 0.0373. The average Bonchev–Trinajstić information content (AvgIpc) is 2.88. The number of amides is 5. The van der Waals surface area contributed by atoms with Crippen LogP contribution >= 0.6 is 0 Å². The van der Waals surface area contributed by atoms with Gasteiger partial charge < -0.3 is 48.1 Å². The number of carboxylic acid groups (broad SMARTS) is 1. The number of primary amides is 1. The molecule has 1 aromatic rings. The van der Waals surface area contributed by atoms with E-state index < -0.39 is 84.8 Å². The largest absolute Gasteiger partial charge is 0.480 e. The lowest BCUT2D eigenvalue weighted by Gasteiger charge is -2.26. The van der Waals surface area contributed by atoms with E-state index in [4.69, 9.17) is 11.5 Å². The predicted octanol–water partition coefficient (Wildman–Crippen LogP) is -3.13. The normalized spacial score (nSPS) is 15.4. The molecular weight excluding hydrogens is 540 g/mol. The van der Waals surface area contributed by atoms with Crippen molar-refractivity contribution in [3.8, 4) is 0 Å². The van der Waals surface area contributed by atoms with Crippen LogP contribution in [0.4, 0.5) is 0 Å². The van der Waals surface area contributed by atoms with Crippen LogP contribution < -0.4 is 32.7 Å². The van der Waals surface area contributed by atoms with Crippen LogP contribution in [0.5, 0.6) is 0 Å². The summed E-state index contributed by atoms with van der Waals surface area (Å²) in [6.07, 6.45) is -1.95. The molecule has 15 nitrogen and oxygen atoms in total. The molecule has 0 aliphatic rings. The second-order valence-corrected chi connectivity index (χ2v) is 10.0. The van der Waals surface area contributed by atoms with E-state index in [1.54, 1.807) is 44.2 Å². The Morgan fingerprint density at radius 3 is 1.80 bits per heavy atom. The fourth-order valence-corrected chi connectivity index (χ4v) is 3.73. The second kappa shape index (κ2) is 16.9. The summed E-state index contributed by atoms with van der Waals surface area (Å²) in [7, 11) is 0. The second-order valence-electron chi connectivity index (χ2n) is 10.0. The number of nitrogens with two attached hydrogens (primary N) is 2. The van der Waals surface area contributed by atoms with Crippen molar-refractivity contribution in [3.63, 3.8) is 0 Å². The van der Waals surface area contributed by atoms with Gasteiger partial charge in [0, 0.05) is 0 Å². The van der Waals surface area contributed by atoms with Crippen LogP contribution in [-0.2, 0) is 35.2 Å². The standard InChI is InChI=1S/C26H40N6O9/c1-13(2)9-17(24(38)32-21(14(3)34)26(40)41)29-23(37)18(11-20(28)35)30-25(39)19(12-33)31-22(36)16(27)10-15-7-5-4-6-8-15/h4-8,13-14,16-19,21,33-34H,9-12,27H2,1-3H3,(H2,28,35)(H,29,37)(H,30,39)(H,31,36)(H,32,38)(H,40,41)/t14-,16+,17+,18+,19+,21+/m1/s1. The zero-order valence-electron chi connectivity index (χ0n) is 23.2. The van der Waals surface area contributed by atoms with Crippen molar-refractivity contribution >= 4 is 35.5 Å². The highest BCUT2D eigenvalue weighted by Crippen LogP contribution is 2.08. The van der Waals surface area contributed by atoms with Crippen molar-refractivity contribution in [1.82, 2.24) is 21.3 Å². The molecule has 0 saturated carbocycles. The first-order valence-corrected chi connectivity index (χ1v) is 13.0. The molecule has 0 spiro atoms. The first kappa shape index (κ1) is 34.9. The molecule has 0 bridgehead atoms. The molecule has 0 saturated heterocycles. The molecule has 0 aromatic heterocycles. The van der Waals surface area contributed by atoms with Crippen molar-refractivity contribution in [2.45, 2.75) is 76.3 Å². The molecule has 1 aromatic carbocycles. The van der Waals surface area contributed by atoms with E-state index in [9.17, 15) is 44.1 Å². The van der Waals surface area contributed by atoms with Crippen molar-refractivity contribution in [1.29, 1.82) is 0 Å². The number of carbonyl (C=O) groups is 6. The summed E-state index contributed by atoms with van der Waals surface area (Å²) in [5, 5.41) is 37.7. The number of benzene rings is 1. The van der Waals surface area contributed by atoms with Crippen LogP contribution in [0.2, 0.25) is 0 Å². The summed E-state index contributed by atoms with van der Waals surface area (Å²) in [6.45, 7) is 3.76. The molecule has 0 heterocycles. The van der Waals surface area contributed by atoms with Gasteiger partial charge in [-0.2, -0.15) is 0 Å². The van der Waals surface area contributed by atoms with E-state index in [1.807, 2.05) is 0 Å². The van der Waals surface area contributed by atoms with Gasteiger partial charge in [0.25, 0.3) is 0 Å². The highest BCUT2D eigenvalue weighted by Gasteiger charge is 2.33. The molecule has 41 heavy (non-hydrogen) atoms. The zero-order chi connectivity index (χ0) is 31.3. The maximum absolute atomic E-state index is 13.1. The number of aliphatic hydroxyl groups is 2. The molecule has 11 N–H and O–H groups in total. The number of carbonyl (C=O) groups excluding carboxylic acids is 5. The Bertz CT molecular complexity index is 1070. The van der Waals surface area contributed by atoms with Gasteiger partial charge >= 0.3 is 5.97 Å². The smallest absolute Gasteiger partial charge is 0.328 e. The Morgan fingerprint density at radius 1 is 0.805 bits per heavy atom. The van der Waals surface area contributed by atoms with Gasteiger partial charge in [-0.15, -0.1) is 0 Å². The molecule has 1 rings (SSSR count). The topological polar surface area (TPSA) is 263 Å². The SMILES string of the molecule is CC(C)C[C@H](NC(=O)[C@H](CC(N)=O)NC(=O)[C@H](CO)NC(=O)[C@@H](N)Cc1ccccc1)C(=O)N[C@H](C(=O)O)[C@@H](C)O. The van der Waals surface area contributed by atoms with Crippen LogP contribution in [0, 0.1) is 5.92 Å². The number of nitrogens with one attached hydrogen (secondary N) is 4. The van der Waals surface area contributed by atoms with E-state index >= 15 is 0 Å². The molecule has 0 radical (unpaired) electrons. The average molecular weight is 581 g/mol. The first-order valence-electron chi connectivity index (χ1n) is 13.0. The summed E-state index contributed by atoms with van der Waals surface area (Å²) < 4.78 is 0. The number of carboxylic acids is 1. The highest BCUT2D eigenvalue weighted by molar-refractivity contribution is 5.97. The van der Waals surface area contributed by atoms with E-state index in [2.05, 4.69) is 21.3 Å². The zero-order valence-corrected chi connectivity index (χ0v) is 23.2. The van der Waals surface area contributed by atoms with Gasteiger partial charge in [-0.1, -0.05) is 44.2 Å². The lowest BCUT2D eigenvalue weighted by Crippen LogP contribution is -2.60. The Morgan fingerprint density at radius 2 is 1.32 bits per heavy atom. The molecule has 6 atom stereocenters. The molecule has 5 amide bonds. The quantitative estimate of drug-likeness (QED) is 0.0894. The molecule has 0 fully saturated rings. The number of rotatable bonds is 17.